The minimum absolute atomic E-state index is 0.0175. The van der Waals surface area contributed by atoms with Gasteiger partial charge in [0, 0.05) is 12.6 Å². The van der Waals surface area contributed by atoms with E-state index in [1.54, 1.807) is 44.2 Å². The van der Waals surface area contributed by atoms with E-state index in [1.165, 1.54) is 0 Å². The van der Waals surface area contributed by atoms with Crippen LogP contribution in [-0.2, 0) is 14.8 Å². The van der Waals surface area contributed by atoms with E-state index in [1.807, 2.05) is 0 Å². The van der Waals surface area contributed by atoms with Gasteiger partial charge in [0.05, 0.1) is 6.61 Å². The zero-order chi connectivity index (χ0) is 15.6. The van der Waals surface area contributed by atoms with Gasteiger partial charge in [-0.15, -0.1) is 0 Å². The van der Waals surface area contributed by atoms with E-state index in [2.05, 4.69) is 5.32 Å². The molecule has 0 aromatic heterocycles. The molecule has 1 heterocycles. The first-order chi connectivity index (χ1) is 9.91. The SMILES string of the molecule is CC(C)N1C(=O)C(NCCO)=C(c2ccccc2)S1(=O)=O. The van der Waals surface area contributed by atoms with Crippen LogP contribution in [0.4, 0.5) is 0 Å². The number of nitrogens with one attached hydrogen (secondary N) is 1. The molecule has 114 valence electrons. The molecule has 1 aromatic carbocycles. The fourth-order valence-corrected chi connectivity index (χ4v) is 4.19. The molecule has 0 atom stereocenters. The first-order valence-electron chi connectivity index (χ1n) is 6.64. The Morgan fingerprint density at radius 3 is 2.38 bits per heavy atom. The summed E-state index contributed by atoms with van der Waals surface area (Å²) < 4.78 is 26.2. The zero-order valence-electron chi connectivity index (χ0n) is 11.9. The van der Waals surface area contributed by atoms with E-state index in [9.17, 15) is 13.2 Å². The summed E-state index contributed by atoms with van der Waals surface area (Å²) in [4.78, 5) is 12.4. The molecule has 0 saturated carbocycles. The molecule has 0 spiro atoms. The summed E-state index contributed by atoms with van der Waals surface area (Å²) >= 11 is 0. The molecule has 0 aliphatic carbocycles. The highest BCUT2D eigenvalue weighted by Gasteiger charge is 2.45. The third kappa shape index (κ3) is 2.66. The molecule has 0 saturated heterocycles. The molecule has 1 aromatic rings. The normalized spacial score (nSPS) is 17.7. The van der Waals surface area contributed by atoms with Crippen LogP contribution in [0.15, 0.2) is 36.0 Å². The molecule has 6 nitrogen and oxygen atoms in total. The van der Waals surface area contributed by atoms with E-state index in [0.29, 0.717) is 5.56 Å². The van der Waals surface area contributed by atoms with E-state index in [0.717, 1.165) is 4.31 Å². The maximum absolute atomic E-state index is 12.7. The molecule has 1 aliphatic heterocycles. The van der Waals surface area contributed by atoms with Gasteiger partial charge in [-0.1, -0.05) is 30.3 Å². The molecule has 7 heteroatoms. The smallest absolute Gasteiger partial charge is 0.285 e. The number of hydrogen-bond acceptors (Lipinski definition) is 5. The highest BCUT2D eigenvalue weighted by molar-refractivity contribution is 7.99. The minimum atomic E-state index is -3.89. The Labute approximate surface area is 124 Å². The maximum Gasteiger partial charge on any atom is 0.285 e. The Balaban J connectivity index is 2.62. The van der Waals surface area contributed by atoms with Crippen molar-refractivity contribution in [3.8, 4) is 0 Å². The first-order valence-corrected chi connectivity index (χ1v) is 8.08. The Morgan fingerprint density at radius 1 is 1.24 bits per heavy atom. The van der Waals surface area contributed by atoms with Crippen molar-refractivity contribution in [2.24, 2.45) is 0 Å². The molecule has 0 bridgehead atoms. The fourth-order valence-electron chi connectivity index (χ4n) is 2.28. The highest BCUT2D eigenvalue weighted by atomic mass is 32.2. The number of aliphatic hydroxyl groups is 1. The van der Waals surface area contributed by atoms with Crippen molar-refractivity contribution in [1.82, 2.24) is 9.62 Å². The van der Waals surface area contributed by atoms with Crippen LogP contribution in [0.2, 0.25) is 0 Å². The molecular formula is C14H18N2O4S. The lowest BCUT2D eigenvalue weighted by atomic mass is 10.2. The quantitative estimate of drug-likeness (QED) is 0.828. The van der Waals surface area contributed by atoms with Crippen LogP contribution in [-0.4, -0.2) is 42.9 Å². The van der Waals surface area contributed by atoms with E-state index >= 15 is 0 Å². The van der Waals surface area contributed by atoms with Crippen molar-refractivity contribution < 1.29 is 18.3 Å². The minimum Gasteiger partial charge on any atom is -0.395 e. The predicted octanol–water partition coefficient (Wildman–Crippen LogP) is 0.517. The number of benzene rings is 1. The number of carbonyl (C=O) groups excluding carboxylic acids is 1. The summed E-state index contributed by atoms with van der Waals surface area (Å²) in [5.74, 6) is -0.586. The maximum atomic E-state index is 12.7. The van der Waals surface area contributed by atoms with Crippen LogP contribution in [0.1, 0.15) is 19.4 Å². The molecule has 21 heavy (non-hydrogen) atoms. The van der Waals surface area contributed by atoms with Gasteiger partial charge in [0.2, 0.25) is 0 Å². The van der Waals surface area contributed by atoms with E-state index in [4.69, 9.17) is 5.11 Å². The largest absolute Gasteiger partial charge is 0.395 e. The highest BCUT2D eigenvalue weighted by Crippen LogP contribution is 2.35. The van der Waals surface area contributed by atoms with Gasteiger partial charge in [-0.3, -0.25) is 4.79 Å². The van der Waals surface area contributed by atoms with Gasteiger partial charge in [0.15, 0.2) is 0 Å². The van der Waals surface area contributed by atoms with Crippen LogP contribution in [0, 0.1) is 0 Å². The monoisotopic (exact) mass is 310 g/mol. The standard InChI is InChI=1S/C14H18N2O4S/c1-10(2)16-14(18)12(15-8-9-17)13(21(16,19)20)11-6-4-3-5-7-11/h3-7,10,15,17H,8-9H2,1-2H3. The number of hydrogen-bond donors (Lipinski definition) is 2. The van der Waals surface area contributed by atoms with Gasteiger partial charge in [-0.2, -0.15) is 0 Å². The second-order valence-corrected chi connectivity index (χ2v) is 6.67. The molecule has 1 amide bonds. The number of amides is 1. The van der Waals surface area contributed by atoms with Crippen LogP contribution >= 0.6 is 0 Å². The van der Waals surface area contributed by atoms with Gasteiger partial charge in [-0.05, 0) is 19.4 Å². The lowest BCUT2D eigenvalue weighted by Crippen LogP contribution is -2.39. The summed E-state index contributed by atoms with van der Waals surface area (Å²) in [5.41, 5.74) is 0.471. The number of carbonyl (C=O) groups is 1. The topological polar surface area (TPSA) is 86.7 Å². The molecule has 0 fully saturated rings. The molecule has 1 aliphatic rings. The third-order valence-corrected chi connectivity index (χ3v) is 5.14. The van der Waals surface area contributed by atoms with E-state index < -0.39 is 22.0 Å². The molecule has 2 rings (SSSR count). The second kappa shape index (κ2) is 5.87. The third-order valence-electron chi connectivity index (χ3n) is 3.08. The summed E-state index contributed by atoms with van der Waals surface area (Å²) in [7, 11) is -3.89. The van der Waals surface area contributed by atoms with Crippen LogP contribution in [0.25, 0.3) is 4.91 Å². The Bertz CT molecular complexity index is 665. The van der Waals surface area contributed by atoms with Gasteiger partial charge >= 0.3 is 0 Å². The second-order valence-electron chi connectivity index (χ2n) is 4.92. The lowest BCUT2D eigenvalue weighted by molar-refractivity contribution is -0.123. The van der Waals surface area contributed by atoms with Crippen LogP contribution in [0.3, 0.4) is 0 Å². The summed E-state index contributed by atoms with van der Waals surface area (Å²) in [5, 5.41) is 11.6. The molecule has 0 unspecified atom stereocenters. The summed E-state index contributed by atoms with van der Waals surface area (Å²) in [6, 6.07) is 8.01. The van der Waals surface area contributed by atoms with Crippen molar-refractivity contribution in [3.63, 3.8) is 0 Å². The average molecular weight is 310 g/mol. The summed E-state index contributed by atoms with van der Waals surface area (Å²) in [6.45, 7) is 3.21. The van der Waals surface area contributed by atoms with Crippen LogP contribution < -0.4 is 5.32 Å². The Hall–Kier alpha value is -1.86. The van der Waals surface area contributed by atoms with Gasteiger partial charge in [0.1, 0.15) is 10.6 Å². The predicted molar refractivity (Wildman–Crippen MR) is 79.4 cm³/mol. The van der Waals surface area contributed by atoms with Crippen molar-refractivity contribution in [3.05, 3.63) is 41.6 Å². The van der Waals surface area contributed by atoms with Crippen molar-refractivity contribution >= 4 is 20.8 Å². The van der Waals surface area contributed by atoms with Crippen molar-refractivity contribution in [1.29, 1.82) is 0 Å². The number of aliphatic hydroxyl groups excluding tert-OH is 1. The van der Waals surface area contributed by atoms with Gasteiger partial charge < -0.3 is 10.4 Å². The van der Waals surface area contributed by atoms with Crippen LogP contribution in [0.5, 0.6) is 0 Å². The summed E-state index contributed by atoms with van der Waals surface area (Å²) in [6.07, 6.45) is 0. The average Bonchev–Trinajstić information content (AvgIpc) is 2.63. The van der Waals surface area contributed by atoms with Gasteiger partial charge in [-0.25, -0.2) is 12.7 Å². The molecular weight excluding hydrogens is 292 g/mol. The van der Waals surface area contributed by atoms with Crippen molar-refractivity contribution in [2.75, 3.05) is 13.2 Å². The number of sulfonamides is 1. The Morgan fingerprint density at radius 2 is 1.86 bits per heavy atom. The Kier molecular flexibility index (Phi) is 4.34. The zero-order valence-corrected chi connectivity index (χ0v) is 12.7. The number of nitrogens with zero attached hydrogens (tertiary/aromatic N) is 1. The number of rotatable bonds is 5. The van der Waals surface area contributed by atoms with Gasteiger partial charge in [0.25, 0.3) is 15.9 Å². The van der Waals surface area contributed by atoms with Crippen molar-refractivity contribution in [2.45, 2.75) is 19.9 Å². The molecule has 0 radical (unpaired) electrons. The lowest BCUT2D eigenvalue weighted by Gasteiger charge is -2.20. The first kappa shape index (κ1) is 15.5. The fraction of sp³-hybridized carbons (Fsp3) is 0.357. The molecule has 2 N–H and O–H groups in total. The van der Waals surface area contributed by atoms with E-state index in [-0.39, 0.29) is 23.8 Å².